The van der Waals surface area contributed by atoms with Crippen LogP contribution in [0.1, 0.15) is 11.1 Å². The van der Waals surface area contributed by atoms with Crippen molar-refractivity contribution in [2.45, 2.75) is 12.6 Å². The van der Waals surface area contributed by atoms with Gasteiger partial charge >= 0.3 is 6.18 Å². The number of hydrogen-bond donors (Lipinski definition) is 1. The molecule has 1 N–H and O–H groups in total. The summed E-state index contributed by atoms with van der Waals surface area (Å²) in [4.78, 5) is 2.05. The van der Waals surface area contributed by atoms with E-state index < -0.39 is 11.7 Å². The van der Waals surface area contributed by atoms with Crippen molar-refractivity contribution in [1.82, 2.24) is 10.2 Å². The lowest BCUT2D eigenvalue weighted by molar-refractivity contribution is -0.137. The number of halogens is 3. The summed E-state index contributed by atoms with van der Waals surface area (Å²) >= 11 is 0. The Balaban J connectivity index is 2.39. The lowest BCUT2D eigenvalue weighted by Gasteiger charge is -2.11. The summed E-state index contributed by atoms with van der Waals surface area (Å²) in [5.74, 6) is 0. The second-order valence-electron chi connectivity index (χ2n) is 4.50. The minimum atomic E-state index is -4.26. The quantitative estimate of drug-likeness (QED) is 0.790. The predicted octanol–water partition coefficient (Wildman–Crippen LogP) is 2.40. The lowest BCUT2D eigenvalue weighted by atomic mass is 10.1. The number of likely N-dealkylation sites (N-methyl/N-ethyl adjacent to an activating group) is 1. The fourth-order valence-corrected chi connectivity index (χ4v) is 1.56. The summed E-state index contributed by atoms with van der Waals surface area (Å²) < 4.78 is 37.4. The zero-order chi connectivity index (χ0) is 13.6. The van der Waals surface area contributed by atoms with Gasteiger partial charge in [0, 0.05) is 13.1 Å². The van der Waals surface area contributed by atoms with Gasteiger partial charge in [0.15, 0.2) is 0 Å². The number of rotatable bonds is 6. The largest absolute Gasteiger partial charge is 0.416 e. The first-order valence-electron chi connectivity index (χ1n) is 5.91. The lowest BCUT2D eigenvalue weighted by Crippen LogP contribution is -2.27. The Hall–Kier alpha value is -1.07. The van der Waals surface area contributed by atoms with Crippen LogP contribution in [0.15, 0.2) is 24.3 Å². The molecule has 0 heterocycles. The standard InChI is InChI=1S/C13H19F3N2/c1-18(2)9-8-17-7-6-11-4-3-5-12(10-11)13(14,15)16/h3-5,10,17H,6-9H2,1-2H3. The van der Waals surface area contributed by atoms with Gasteiger partial charge in [-0.2, -0.15) is 13.2 Å². The Morgan fingerprint density at radius 1 is 1.17 bits per heavy atom. The van der Waals surface area contributed by atoms with Gasteiger partial charge in [-0.15, -0.1) is 0 Å². The second kappa shape index (κ2) is 6.75. The highest BCUT2D eigenvalue weighted by Crippen LogP contribution is 2.29. The molecule has 102 valence electrons. The van der Waals surface area contributed by atoms with Gasteiger partial charge in [0.25, 0.3) is 0 Å². The highest BCUT2D eigenvalue weighted by Gasteiger charge is 2.30. The van der Waals surface area contributed by atoms with E-state index in [2.05, 4.69) is 10.2 Å². The Kier molecular flexibility index (Phi) is 5.62. The summed E-state index contributed by atoms with van der Waals surface area (Å²) in [5.41, 5.74) is 0.135. The molecule has 0 atom stereocenters. The van der Waals surface area contributed by atoms with Gasteiger partial charge in [0.2, 0.25) is 0 Å². The smallest absolute Gasteiger partial charge is 0.315 e. The first-order valence-corrected chi connectivity index (χ1v) is 5.91. The first kappa shape index (κ1) is 15.0. The molecule has 0 saturated heterocycles. The fraction of sp³-hybridized carbons (Fsp3) is 0.538. The summed E-state index contributed by atoms with van der Waals surface area (Å²) in [6, 6.07) is 5.50. The Bertz CT molecular complexity index is 361. The SMILES string of the molecule is CN(C)CCNCCc1cccc(C(F)(F)F)c1. The van der Waals surface area contributed by atoms with Gasteiger partial charge in [0.05, 0.1) is 5.56 Å². The van der Waals surface area contributed by atoms with E-state index in [1.54, 1.807) is 6.07 Å². The molecule has 0 spiro atoms. The van der Waals surface area contributed by atoms with Crippen molar-refractivity contribution in [1.29, 1.82) is 0 Å². The van der Waals surface area contributed by atoms with Gasteiger partial charge in [-0.1, -0.05) is 18.2 Å². The normalized spacial score (nSPS) is 12.1. The molecule has 1 aromatic rings. The number of alkyl halides is 3. The summed E-state index contributed by atoms with van der Waals surface area (Å²) in [6.07, 6.45) is -3.65. The number of benzene rings is 1. The highest BCUT2D eigenvalue weighted by atomic mass is 19.4. The maximum atomic E-state index is 12.5. The summed E-state index contributed by atoms with van der Waals surface area (Å²) in [7, 11) is 3.96. The van der Waals surface area contributed by atoms with Crippen molar-refractivity contribution in [2.75, 3.05) is 33.7 Å². The van der Waals surface area contributed by atoms with Crippen LogP contribution in [0.5, 0.6) is 0 Å². The molecule has 0 aliphatic rings. The van der Waals surface area contributed by atoms with Crippen LogP contribution >= 0.6 is 0 Å². The van der Waals surface area contributed by atoms with Crippen molar-refractivity contribution in [2.24, 2.45) is 0 Å². The van der Waals surface area contributed by atoms with E-state index in [1.807, 2.05) is 14.1 Å². The van der Waals surface area contributed by atoms with Crippen LogP contribution in [0, 0.1) is 0 Å². The van der Waals surface area contributed by atoms with Crippen LogP contribution in [0.3, 0.4) is 0 Å². The molecule has 2 nitrogen and oxygen atoms in total. The van der Waals surface area contributed by atoms with Crippen LogP contribution in [0.25, 0.3) is 0 Å². The minimum Gasteiger partial charge on any atom is -0.315 e. The molecular weight excluding hydrogens is 241 g/mol. The number of nitrogens with one attached hydrogen (secondary N) is 1. The molecule has 0 aromatic heterocycles. The third-order valence-electron chi connectivity index (χ3n) is 2.58. The average Bonchev–Trinajstić information content (AvgIpc) is 2.27. The van der Waals surface area contributed by atoms with Crippen LogP contribution in [0.4, 0.5) is 13.2 Å². The summed E-state index contributed by atoms with van der Waals surface area (Å²) in [6.45, 7) is 2.45. The monoisotopic (exact) mass is 260 g/mol. The van der Waals surface area contributed by atoms with Crippen LogP contribution < -0.4 is 5.32 Å². The van der Waals surface area contributed by atoms with Crippen LogP contribution in [-0.2, 0) is 12.6 Å². The molecule has 5 heteroatoms. The van der Waals surface area contributed by atoms with E-state index in [0.29, 0.717) is 18.5 Å². The molecule has 1 aromatic carbocycles. The van der Waals surface area contributed by atoms with E-state index in [4.69, 9.17) is 0 Å². The topological polar surface area (TPSA) is 15.3 Å². The molecule has 0 fully saturated rings. The molecule has 0 amide bonds. The number of hydrogen-bond acceptors (Lipinski definition) is 2. The Labute approximate surface area is 106 Å². The van der Waals surface area contributed by atoms with Crippen molar-refractivity contribution < 1.29 is 13.2 Å². The van der Waals surface area contributed by atoms with E-state index >= 15 is 0 Å². The number of nitrogens with zero attached hydrogens (tertiary/aromatic N) is 1. The molecule has 1 rings (SSSR count). The molecule has 0 radical (unpaired) electrons. The van der Waals surface area contributed by atoms with Gasteiger partial charge in [0.1, 0.15) is 0 Å². The van der Waals surface area contributed by atoms with Gasteiger partial charge < -0.3 is 10.2 Å². The zero-order valence-corrected chi connectivity index (χ0v) is 10.7. The van der Waals surface area contributed by atoms with Crippen molar-refractivity contribution in [3.05, 3.63) is 35.4 Å². The molecule has 0 unspecified atom stereocenters. The molecule has 0 bridgehead atoms. The van der Waals surface area contributed by atoms with E-state index in [-0.39, 0.29) is 0 Å². The maximum Gasteiger partial charge on any atom is 0.416 e. The third kappa shape index (κ3) is 5.51. The van der Waals surface area contributed by atoms with Crippen LogP contribution in [0.2, 0.25) is 0 Å². The van der Waals surface area contributed by atoms with Gasteiger partial charge in [-0.3, -0.25) is 0 Å². The highest BCUT2D eigenvalue weighted by molar-refractivity contribution is 5.25. The summed E-state index contributed by atoms with van der Waals surface area (Å²) in [5, 5.41) is 3.20. The zero-order valence-electron chi connectivity index (χ0n) is 10.7. The Morgan fingerprint density at radius 3 is 2.50 bits per heavy atom. The van der Waals surface area contributed by atoms with Crippen molar-refractivity contribution in [3.63, 3.8) is 0 Å². The third-order valence-corrected chi connectivity index (χ3v) is 2.58. The Morgan fingerprint density at radius 2 is 1.89 bits per heavy atom. The fourth-order valence-electron chi connectivity index (χ4n) is 1.56. The van der Waals surface area contributed by atoms with Gasteiger partial charge in [-0.05, 0) is 38.7 Å². The second-order valence-corrected chi connectivity index (χ2v) is 4.50. The van der Waals surface area contributed by atoms with E-state index in [9.17, 15) is 13.2 Å². The molecule has 0 saturated carbocycles. The molecule has 0 aliphatic heterocycles. The molecule has 0 aliphatic carbocycles. The van der Waals surface area contributed by atoms with E-state index in [1.165, 1.54) is 12.1 Å². The van der Waals surface area contributed by atoms with Gasteiger partial charge in [-0.25, -0.2) is 0 Å². The minimum absolute atomic E-state index is 0.576. The van der Waals surface area contributed by atoms with E-state index in [0.717, 1.165) is 19.2 Å². The predicted molar refractivity (Wildman–Crippen MR) is 66.6 cm³/mol. The molecular formula is C13H19F3N2. The van der Waals surface area contributed by atoms with Crippen molar-refractivity contribution in [3.8, 4) is 0 Å². The molecule has 18 heavy (non-hydrogen) atoms. The maximum absolute atomic E-state index is 12.5. The van der Waals surface area contributed by atoms with Crippen LogP contribution in [-0.4, -0.2) is 38.6 Å². The first-order chi connectivity index (χ1) is 8.39. The van der Waals surface area contributed by atoms with Crippen molar-refractivity contribution >= 4 is 0 Å². The average molecular weight is 260 g/mol.